The highest BCUT2D eigenvalue weighted by Gasteiger charge is 2.32. The van der Waals surface area contributed by atoms with Crippen LogP contribution in [0, 0.1) is 5.92 Å². The Morgan fingerprint density at radius 1 is 1.80 bits per heavy atom. The predicted molar refractivity (Wildman–Crippen MR) is 37.6 cm³/mol. The number of ketones is 1. The molecule has 0 aromatic carbocycles. The van der Waals surface area contributed by atoms with Crippen molar-refractivity contribution in [2.75, 3.05) is 13.7 Å². The molecule has 1 atom stereocenters. The monoisotopic (exact) mass is 143 g/mol. The molecule has 3 heteroatoms. The van der Waals surface area contributed by atoms with Crippen LogP contribution in [0.5, 0.6) is 0 Å². The Morgan fingerprint density at radius 2 is 2.40 bits per heavy atom. The number of methoxy groups -OCH3 is 1. The fourth-order valence-electron chi connectivity index (χ4n) is 0.932. The SMILES string of the molecule is COC[C@H](N)C(=O)C1CC1. The summed E-state index contributed by atoms with van der Waals surface area (Å²) in [6, 6.07) is -0.391. The van der Waals surface area contributed by atoms with Gasteiger partial charge in [0.1, 0.15) is 0 Å². The van der Waals surface area contributed by atoms with Gasteiger partial charge in [0.2, 0.25) is 0 Å². The van der Waals surface area contributed by atoms with Crippen LogP contribution in [0.25, 0.3) is 0 Å². The average Bonchev–Trinajstić information content (AvgIpc) is 2.68. The van der Waals surface area contributed by atoms with Crippen LogP contribution < -0.4 is 5.73 Å². The van der Waals surface area contributed by atoms with E-state index in [1.807, 2.05) is 0 Å². The molecule has 0 saturated heterocycles. The second kappa shape index (κ2) is 3.12. The smallest absolute Gasteiger partial charge is 0.154 e. The summed E-state index contributed by atoms with van der Waals surface area (Å²) in [7, 11) is 1.56. The number of ether oxygens (including phenoxy) is 1. The van der Waals surface area contributed by atoms with E-state index in [1.54, 1.807) is 7.11 Å². The molecule has 0 spiro atoms. The topological polar surface area (TPSA) is 52.3 Å². The Hall–Kier alpha value is -0.410. The fourth-order valence-corrected chi connectivity index (χ4v) is 0.932. The van der Waals surface area contributed by atoms with Crippen molar-refractivity contribution in [3.05, 3.63) is 0 Å². The first-order valence-corrected chi connectivity index (χ1v) is 3.54. The van der Waals surface area contributed by atoms with Crippen molar-refractivity contribution in [2.24, 2.45) is 11.7 Å². The number of hydrogen-bond donors (Lipinski definition) is 1. The van der Waals surface area contributed by atoms with Gasteiger partial charge in [-0.25, -0.2) is 0 Å². The molecule has 1 aliphatic rings. The van der Waals surface area contributed by atoms with Gasteiger partial charge in [0.15, 0.2) is 5.78 Å². The molecular weight excluding hydrogens is 130 g/mol. The van der Waals surface area contributed by atoms with Gasteiger partial charge < -0.3 is 10.5 Å². The third-order valence-electron chi connectivity index (χ3n) is 1.69. The standard InChI is InChI=1S/C7H13NO2/c1-10-4-6(8)7(9)5-2-3-5/h5-6H,2-4,8H2,1H3/t6-/m0/s1. The summed E-state index contributed by atoms with van der Waals surface area (Å²) in [5, 5.41) is 0. The molecule has 10 heavy (non-hydrogen) atoms. The molecule has 2 N–H and O–H groups in total. The van der Waals surface area contributed by atoms with Crippen LogP contribution in [-0.4, -0.2) is 25.5 Å². The Morgan fingerprint density at radius 3 is 2.80 bits per heavy atom. The van der Waals surface area contributed by atoms with E-state index in [0.717, 1.165) is 12.8 Å². The highest BCUT2D eigenvalue weighted by Crippen LogP contribution is 2.30. The van der Waals surface area contributed by atoms with Gasteiger partial charge in [-0.2, -0.15) is 0 Å². The van der Waals surface area contributed by atoms with Crippen LogP contribution in [0.3, 0.4) is 0 Å². The van der Waals surface area contributed by atoms with Gasteiger partial charge in [0, 0.05) is 13.0 Å². The summed E-state index contributed by atoms with van der Waals surface area (Å²) in [5.41, 5.74) is 5.49. The summed E-state index contributed by atoms with van der Waals surface area (Å²) < 4.78 is 4.76. The van der Waals surface area contributed by atoms with Crippen LogP contribution in [0.1, 0.15) is 12.8 Å². The molecule has 1 rings (SSSR count). The van der Waals surface area contributed by atoms with Gasteiger partial charge in [-0.3, -0.25) is 4.79 Å². The molecular formula is C7H13NO2. The highest BCUT2D eigenvalue weighted by atomic mass is 16.5. The maximum atomic E-state index is 11.1. The molecule has 58 valence electrons. The van der Waals surface area contributed by atoms with Crippen molar-refractivity contribution in [2.45, 2.75) is 18.9 Å². The van der Waals surface area contributed by atoms with E-state index in [1.165, 1.54) is 0 Å². The zero-order chi connectivity index (χ0) is 7.56. The van der Waals surface area contributed by atoms with E-state index < -0.39 is 6.04 Å². The molecule has 0 heterocycles. The first-order valence-electron chi connectivity index (χ1n) is 3.54. The molecule has 0 radical (unpaired) electrons. The highest BCUT2D eigenvalue weighted by molar-refractivity contribution is 5.88. The molecule has 0 amide bonds. The van der Waals surface area contributed by atoms with E-state index >= 15 is 0 Å². The minimum atomic E-state index is -0.391. The molecule has 0 bridgehead atoms. The Balaban J connectivity index is 2.24. The third kappa shape index (κ3) is 1.78. The Bertz CT molecular complexity index is 132. The first kappa shape index (κ1) is 7.69. The van der Waals surface area contributed by atoms with Crippen LogP contribution in [0.2, 0.25) is 0 Å². The lowest BCUT2D eigenvalue weighted by Crippen LogP contribution is -2.35. The minimum absolute atomic E-state index is 0.168. The zero-order valence-electron chi connectivity index (χ0n) is 6.17. The lowest BCUT2D eigenvalue weighted by molar-refractivity contribution is -0.122. The molecule has 1 saturated carbocycles. The van der Waals surface area contributed by atoms with Gasteiger partial charge in [-0.15, -0.1) is 0 Å². The van der Waals surface area contributed by atoms with Gasteiger partial charge in [0.05, 0.1) is 12.6 Å². The Kier molecular flexibility index (Phi) is 2.40. The molecule has 3 nitrogen and oxygen atoms in total. The number of rotatable bonds is 4. The van der Waals surface area contributed by atoms with Gasteiger partial charge in [0.25, 0.3) is 0 Å². The van der Waals surface area contributed by atoms with E-state index in [0.29, 0.717) is 6.61 Å². The summed E-state index contributed by atoms with van der Waals surface area (Å²) in [5.74, 6) is 0.423. The molecule has 1 fully saturated rings. The maximum Gasteiger partial charge on any atom is 0.154 e. The fraction of sp³-hybridized carbons (Fsp3) is 0.857. The lowest BCUT2D eigenvalue weighted by atomic mass is 10.1. The van der Waals surface area contributed by atoms with Crippen molar-refractivity contribution in [3.63, 3.8) is 0 Å². The molecule has 0 unspecified atom stereocenters. The van der Waals surface area contributed by atoms with Gasteiger partial charge >= 0.3 is 0 Å². The molecule has 0 aromatic rings. The van der Waals surface area contributed by atoms with E-state index in [9.17, 15) is 4.79 Å². The number of carbonyl (C=O) groups excluding carboxylic acids is 1. The normalized spacial score (nSPS) is 20.6. The second-order valence-electron chi connectivity index (χ2n) is 2.74. The van der Waals surface area contributed by atoms with E-state index in [4.69, 9.17) is 10.5 Å². The number of Topliss-reactive ketones (excluding diaryl/α,β-unsaturated/α-hetero) is 1. The lowest BCUT2D eigenvalue weighted by Gasteiger charge is -2.06. The van der Waals surface area contributed by atoms with Gasteiger partial charge in [-0.05, 0) is 12.8 Å². The number of carbonyl (C=O) groups is 1. The largest absolute Gasteiger partial charge is 0.383 e. The predicted octanol–water partition coefficient (Wildman–Crippen LogP) is -0.0608. The van der Waals surface area contributed by atoms with Gasteiger partial charge in [-0.1, -0.05) is 0 Å². The summed E-state index contributed by atoms with van der Waals surface area (Å²) >= 11 is 0. The molecule has 1 aliphatic carbocycles. The number of nitrogens with two attached hydrogens (primary N) is 1. The average molecular weight is 143 g/mol. The quantitative estimate of drug-likeness (QED) is 0.599. The van der Waals surface area contributed by atoms with Crippen molar-refractivity contribution in [1.82, 2.24) is 0 Å². The summed E-state index contributed by atoms with van der Waals surface area (Å²) in [6.45, 7) is 0.356. The molecule has 0 aliphatic heterocycles. The summed E-state index contributed by atoms with van der Waals surface area (Å²) in [4.78, 5) is 11.1. The first-order chi connectivity index (χ1) is 4.75. The van der Waals surface area contributed by atoms with Crippen molar-refractivity contribution in [3.8, 4) is 0 Å². The van der Waals surface area contributed by atoms with Crippen LogP contribution in [-0.2, 0) is 9.53 Å². The van der Waals surface area contributed by atoms with Crippen molar-refractivity contribution in [1.29, 1.82) is 0 Å². The van der Waals surface area contributed by atoms with Crippen molar-refractivity contribution >= 4 is 5.78 Å². The van der Waals surface area contributed by atoms with Crippen LogP contribution in [0.15, 0.2) is 0 Å². The van der Waals surface area contributed by atoms with Crippen LogP contribution >= 0.6 is 0 Å². The van der Waals surface area contributed by atoms with Crippen LogP contribution in [0.4, 0.5) is 0 Å². The second-order valence-corrected chi connectivity index (χ2v) is 2.74. The molecule has 0 aromatic heterocycles. The number of hydrogen-bond acceptors (Lipinski definition) is 3. The maximum absolute atomic E-state index is 11.1. The zero-order valence-corrected chi connectivity index (χ0v) is 6.17. The van der Waals surface area contributed by atoms with E-state index in [-0.39, 0.29) is 11.7 Å². The van der Waals surface area contributed by atoms with E-state index in [2.05, 4.69) is 0 Å². The third-order valence-corrected chi connectivity index (χ3v) is 1.69. The van der Waals surface area contributed by atoms with Crippen molar-refractivity contribution < 1.29 is 9.53 Å². The summed E-state index contributed by atoms with van der Waals surface area (Å²) in [6.07, 6.45) is 2.05. The Labute approximate surface area is 60.5 Å². The minimum Gasteiger partial charge on any atom is -0.383 e.